The zero-order valence-corrected chi connectivity index (χ0v) is 45.1. The summed E-state index contributed by atoms with van der Waals surface area (Å²) >= 11 is 0. The molecule has 382 valence electrons. The summed E-state index contributed by atoms with van der Waals surface area (Å²) in [6.07, 6.45) is -0.423. The molecule has 0 unspecified atom stereocenters. The summed E-state index contributed by atoms with van der Waals surface area (Å²) in [5.41, 5.74) is -10.8. The average Bonchev–Trinajstić information content (AvgIpc) is 0.730. The normalized spacial score (nSPS) is 18.5. The Kier molecular flexibility index (Phi) is 8.37. The van der Waals surface area contributed by atoms with Crippen LogP contribution in [0.25, 0.3) is 83.9 Å². The molecule has 74 heavy (non-hydrogen) atoms. The molecule has 2 heterocycles. The molecule has 0 saturated carbocycles. The van der Waals surface area contributed by atoms with Gasteiger partial charge in [0.2, 0.25) is 0 Å². The number of hydrogen-bond donors (Lipinski definition) is 1. The summed E-state index contributed by atoms with van der Waals surface area (Å²) in [5.74, 6) is -2.50. The van der Waals surface area contributed by atoms with Gasteiger partial charge in [-0.2, -0.15) is 0 Å². The number of aromatic hydroxyl groups is 1. The van der Waals surface area contributed by atoms with Gasteiger partial charge in [-0.05, 0) is 103 Å². The molecule has 0 amide bonds. The van der Waals surface area contributed by atoms with Crippen LogP contribution in [-0.4, -0.2) is 19.6 Å². The number of rotatable bonds is 8. The average molecular weight is 1180 g/mol. The summed E-state index contributed by atoms with van der Waals surface area (Å²) in [6.45, 7) is -9.36. The largest absolute Gasteiger partial charge is 0.507 e. The Morgan fingerprint density at radius 2 is 1.15 bits per heavy atom. The molecule has 0 aliphatic rings. The molecule has 9 aromatic rings. The Bertz CT molecular complexity index is 4290. The third-order valence-electron chi connectivity index (χ3n) is 12.6. The van der Waals surface area contributed by atoms with E-state index in [0.29, 0.717) is 44.6 Å². The topological polar surface area (TPSA) is 50.9 Å². The standard InChI is InChI=1S/C69H74N3O.Pt/c1-65(2,3)43-44-29-31-45(32-30-44)48-33-34-70-59(38-48)50-35-49(36-51(37-50)66(4,5)6)54-27-22-28-60-61(54)71-64(57-41-53(68(10,11)12)42-58(63(57)73)69(13,14)15)72(60)62-55(46-23-18-16-19-24-46)39-52(67(7,8)9)40-56(62)47-25-20-17-21-26-47;/h16-34,36-42,73H,43H2,1-15H3;/q-1;/i10D3,11D3,12D3,13D3,14D3,15D3,31D,32D,41D,42D,43D2;. The van der Waals surface area contributed by atoms with Crippen molar-refractivity contribution in [3.63, 3.8) is 0 Å². The molecular weight excluding hydrogens is 1080 g/mol. The summed E-state index contributed by atoms with van der Waals surface area (Å²) in [6, 6.07) is 35.7. The fourth-order valence-corrected chi connectivity index (χ4v) is 8.91. The van der Waals surface area contributed by atoms with Gasteiger partial charge in [-0.25, -0.2) is 4.98 Å². The van der Waals surface area contributed by atoms with Crippen LogP contribution in [-0.2, 0) is 49.1 Å². The van der Waals surface area contributed by atoms with Gasteiger partial charge in [-0.3, -0.25) is 9.55 Å². The van der Waals surface area contributed by atoms with E-state index in [1.807, 2.05) is 65.8 Å². The zero-order valence-electron chi connectivity index (χ0n) is 66.8. The van der Waals surface area contributed by atoms with Crippen LogP contribution in [0.4, 0.5) is 0 Å². The van der Waals surface area contributed by atoms with Crippen molar-refractivity contribution < 1.29 is 59.1 Å². The Labute approximate surface area is 490 Å². The van der Waals surface area contributed by atoms with Crippen LogP contribution in [0.5, 0.6) is 5.75 Å². The van der Waals surface area contributed by atoms with E-state index in [1.54, 1.807) is 112 Å². The van der Waals surface area contributed by atoms with Gasteiger partial charge in [-0.15, -0.1) is 29.3 Å². The number of aromatic nitrogens is 3. The molecule has 0 saturated heterocycles. The van der Waals surface area contributed by atoms with Gasteiger partial charge < -0.3 is 5.11 Å². The fraction of sp³-hybridized carbons (Fsp3) is 0.304. The van der Waals surface area contributed by atoms with E-state index in [9.17, 15) is 7.85 Å². The van der Waals surface area contributed by atoms with Crippen molar-refractivity contribution in [1.82, 2.24) is 14.5 Å². The Balaban J connectivity index is 0.0000122. The van der Waals surface area contributed by atoms with Gasteiger partial charge in [0.15, 0.2) is 0 Å². The number of pyridine rings is 1. The first kappa shape index (κ1) is 30.9. The maximum atomic E-state index is 13.5. The molecule has 0 radical (unpaired) electrons. The van der Waals surface area contributed by atoms with E-state index in [0.717, 1.165) is 5.56 Å². The third-order valence-corrected chi connectivity index (χ3v) is 12.6. The van der Waals surface area contributed by atoms with Gasteiger partial charge >= 0.3 is 0 Å². The van der Waals surface area contributed by atoms with Crippen molar-refractivity contribution >= 4 is 11.0 Å². The van der Waals surface area contributed by atoms with Gasteiger partial charge in [0.05, 0.1) is 27.8 Å². The van der Waals surface area contributed by atoms with E-state index < -0.39 is 115 Å². The number of para-hydroxylation sites is 1. The van der Waals surface area contributed by atoms with E-state index in [4.69, 9.17) is 40.1 Å². The molecule has 9 rings (SSSR count). The van der Waals surface area contributed by atoms with Crippen molar-refractivity contribution in [2.45, 2.75) is 131 Å². The molecule has 0 aliphatic carbocycles. The van der Waals surface area contributed by atoms with E-state index in [-0.39, 0.29) is 72.1 Å². The molecule has 2 aromatic heterocycles. The molecule has 1 N–H and O–H groups in total. The number of phenols is 1. The Morgan fingerprint density at radius 3 is 1.72 bits per heavy atom. The zero-order chi connectivity index (χ0) is 72.7. The van der Waals surface area contributed by atoms with Gasteiger partial charge in [0.25, 0.3) is 0 Å². The van der Waals surface area contributed by atoms with Crippen LogP contribution >= 0.6 is 0 Å². The van der Waals surface area contributed by atoms with Crippen LogP contribution in [0.3, 0.4) is 0 Å². The van der Waals surface area contributed by atoms with E-state index in [1.165, 1.54) is 22.9 Å². The van der Waals surface area contributed by atoms with Crippen LogP contribution in [0.15, 0.2) is 158 Å². The first-order chi connectivity index (χ1) is 44.2. The monoisotopic (exact) mass is 1180 g/mol. The maximum absolute atomic E-state index is 13.5. The van der Waals surface area contributed by atoms with Gasteiger partial charge in [0, 0.05) is 77.1 Å². The molecule has 0 bridgehead atoms. The van der Waals surface area contributed by atoms with Crippen LogP contribution in [0, 0.1) is 11.5 Å². The predicted octanol–water partition coefficient (Wildman–Crippen LogP) is 18.7. The molecule has 7 aromatic carbocycles. The Morgan fingerprint density at radius 1 is 0.568 bits per heavy atom. The SMILES string of the molecule is [2H]c1cc(C([2H])([2H])C(C)(C)C)cc([2H])c1-c1ccnc(-c2[c-]c(-c3cccc4c3nc(-c3c([2H])c(C(C([2H])([2H])[2H])(C([2H])([2H])[2H])C([2H])([2H])[2H])c([2H])c(C(C([2H])([2H])[2H])(C([2H])([2H])[2H])C([2H])([2H])[2H])c3O)n4-c3c(-c4ccccc4)cc(C(C)(C)C)cc3-c3ccccc3)cc(C(C)(C)C)c2)c1.[Pt]. The molecular formula is C69H74N3OPt-. The van der Waals surface area contributed by atoms with Crippen molar-refractivity contribution in [2.24, 2.45) is 5.41 Å². The minimum atomic E-state index is -4.50. The molecule has 4 nitrogen and oxygen atoms in total. The minimum absolute atomic E-state index is 0. The van der Waals surface area contributed by atoms with E-state index >= 15 is 0 Å². The maximum Gasteiger partial charge on any atom is 0.148 e. The van der Waals surface area contributed by atoms with Crippen LogP contribution in [0.2, 0.25) is 0 Å². The first-order valence-electron chi connectivity index (χ1n) is 36.1. The summed E-state index contributed by atoms with van der Waals surface area (Å²) in [5, 5.41) is 13.5. The van der Waals surface area contributed by atoms with Gasteiger partial charge in [-0.1, -0.05) is 224 Å². The predicted molar refractivity (Wildman–Crippen MR) is 310 cm³/mol. The third kappa shape index (κ3) is 11.2. The van der Waals surface area contributed by atoms with Crippen LogP contribution in [0.1, 0.15) is 164 Å². The van der Waals surface area contributed by atoms with Crippen molar-refractivity contribution in [3.05, 3.63) is 192 Å². The summed E-state index contributed by atoms with van der Waals surface area (Å²) in [7, 11) is 0. The van der Waals surface area contributed by atoms with Crippen LogP contribution < -0.4 is 0 Å². The minimum Gasteiger partial charge on any atom is -0.507 e. The number of fused-ring (bicyclic) bond motifs is 1. The first-order valence-corrected chi connectivity index (χ1v) is 24.1. The molecule has 0 aliphatic heterocycles. The summed E-state index contributed by atoms with van der Waals surface area (Å²) < 4.78 is 219. The van der Waals surface area contributed by atoms with Crippen molar-refractivity contribution in [1.29, 1.82) is 0 Å². The Hall–Kier alpha value is -6.35. The number of phenolic OH excluding ortho intramolecular Hbond substituents is 1. The second-order valence-corrected chi connectivity index (χ2v) is 21.7. The number of hydrogen-bond acceptors (Lipinski definition) is 3. The second kappa shape index (κ2) is 20.1. The number of nitrogens with zero attached hydrogens (tertiary/aromatic N) is 3. The molecule has 5 heteroatoms. The van der Waals surface area contributed by atoms with E-state index in [2.05, 4.69) is 6.07 Å². The second-order valence-electron chi connectivity index (χ2n) is 21.7. The van der Waals surface area contributed by atoms with Gasteiger partial charge in [0.1, 0.15) is 11.6 Å². The summed E-state index contributed by atoms with van der Waals surface area (Å²) in [4.78, 5) is 9.98. The molecule has 0 spiro atoms. The smallest absolute Gasteiger partial charge is 0.148 e. The number of imidazole rings is 1. The molecule has 0 atom stereocenters. The van der Waals surface area contributed by atoms with Crippen molar-refractivity contribution in [3.8, 4) is 78.6 Å². The number of benzene rings is 7. The quantitative estimate of drug-likeness (QED) is 0.154. The van der Waals surface area contributed by atoms with Crippen molar-refractivity contribution in [2.75, 3.05) is 0 Å². The fourth-order valence-electron chi connectivity index (χ4n) is 8.91. The molecule has 0 fully saturated rings.